The van der Waals surface area contributed by atoms with E-state index >= 15 is 0 Å². The number of aryl methyl sites for hydroxylation is 4. The molecule has 15 saturated carbocycles. The molecule has 0 atom stereocenters. The molecule has 5 heterocycles. The van der Waals surface area contributed by atoms with Crippen molar-refractivity contribution in [1.82, 2.24) is 86.3 Å². The molecule has 0 spiro atoms. The Morgan fingerprint density at radius 2 is 0.866 bits per heavy atom. The maximum Gasteiger partial charge on any atom is 0.273 e. The molecule has 11 N–H and O–H groups in total. The molecule has 44 heteroatoms. The number of benzene rings is 6. The number of nitrogens with one attached hydrogen (secondary N) is 11. The predicted octanol–water partition coefficient (Wildman–Crippen LogP) is 13.9. The molecule has 6 aromatic carbocycles. The summed E-state index contributed by atoms with van der Waals surface area (Å²) in [6.07, 6.45) is 18.5. The third-order valence-electron chi connectivity index (χ3n) is 28.2. The number of halogens is 7. The molecule has 1 saturated heterocycles. The second-order valence-electron chi connectivity index (χ2n) is 41.1. The predicted molar refractivity (Wildman–Crippen MR) is 555 cm³/mol. The first-order chi connectivity index (χ1) is 70.9. The average Bonchev–Trinajstić information content (AvgIpc) is 0.950. The zero-order chi connectivity index (χ0) is 106. The van der Waals surface area contributed by atoms with Crippen LogP contribution in [0.25, 0.3) is 0 Å². The molecule has 26 rings (SSSR count). The number of ether oxygens (including phenoxy) is 6. The Kier molecular flexibility index (Phi) is 31.4. The normalized spacial score (nSPS) is 24.6. The SMILES string of the molecule is C=C(N=C(C=N)N1CCOCC1)C(=O)NC12CC(NC(=O)COc3ccc(Cl)c(C)c3)(C1)C2.CC(C)c1ncsc1C(=O)NC12CC(NC(=O)COc3ccc(Cl)c(F)c3)(C1)C2.Cc1cc(OCC(=O)NC23CC(NC(=O)c4cccc(Cn5ccnc5)c4)(C2)C3)ccc1Cl.Cc1cc(OCC(=O)NC23CC(NC(=O)c4cnsn4)(C2)C3)ccc1Cl.Cc1cccc(C(=O)NC23CC(NC(=O)COc4ccc(Cl)c(F)c4)(C2)C3)n1. The topological polar surface area (TPSA) is 455 Å². The van der Waals surface area contributed by atoms with E-state index in [1.54, 1.807) is 78.7 Å². The molecule has 149 heavy (non-hydrogen) atoms. The first-order valence-corrected chi connectivity index (χ1v) is 51.8. The van der Waals surface area contributed by atoms with Crippen LogP contribution in [0, 0.1) is 44.7 Å². The Labute approximate surface area is 890 Å². The summed E-state index contributed by atoms with van der Waals surface area (Å²) >= 11 is 31.6. The summed E-state index contributed by atoms with van der Waals surface area (Å²) in [7, 11) is 0. The molecular formula is C105H110Cl5F2N19O16S2. The minimum atomic E-state index is -0.597. The first kappa shape index (κ1) is 107. The lowest BCUT2D eigenvalue weighted by Crippen LogP contribution is -2.84. The third-order valence-corrected chi connectivity index (χ3v) is 31.4. The van der Waals surface area contributed by atoms with Crippen molar-refractivity contribution >= 4 is 152 Å². The smallest absolute Gasteiger partial charge is 0.273 e. The van der Waals surface area contributed by atoms with Crippen LogP contribution in [0.1, 0.15) is 191 Å². The summed E-state index contributed by atoms with van der Waals surface area (Å²) in [6.45, 7) is 17.7. The average molecular weight is 2170 g/mol. The number of thiazole rings is 1. The number of amidine groups is 1. The monoisotopic (exact) mass is 2170 g/mol. The van der Waals surface area contributed by atoms with Crippen molar-refractivity contribution in [2.45, 2.75) is 206 Å². The maximum atomic E-state index is 13.4. The number of amides is 10. The molecule has 0 radical (unpaired) electrons. The minimum absolute atomic E-state index is 0.00104. The van der Waals surface area contributed by atoms with Crippen LogP contribution < -0.4 is 76.9 Å². The van der Waals surface area contributed by atoms with Gasteiger partial charge in [0.15, 0.2) is 38.7 Å². The minimum Gasteiger partial charge on any atom is -0.484 e. The van der Waals surface area contributed by atoms with Gasteiger partial charge in [-0.2, -0.15) is 8.75 Å². The van der Waals surface area contributed by atoms with E-state index in [2.05, 4.69) is 88.4 Å². The molecule has 0 unspecified atom stereocenters. The van der Waals surface area contributed by atoms with Crippen LogP contribution in [0.2, 0.25) is 25.1 Å². The number of imidazole rings is 1. The highest BCUT2D eigenvalue weighted by molar-refractivity contribution is 7.12. The van der Waals surface area contributed by atoms with Crippen LogP contribution in [-0.4, -0.2) is 219 Å². The van der Waals surface area contributed by atoms with Gasteiger partial charge in [0.1, 0.15) is 62.5 Å². The van der Waals surface area contributed by atoms with Gasteiger partial charge < -0.3 is 96.5 Å². The number of carbonyl (C=O) groups excluding carboxylic acids is 10. The number of nitrogens with zero attached hydrogens (tertiary/aromatic N) is 8. The molecule has 15 aliphatic carbocycles. The Hall–Kier alpha value is -13.3. The summed E-state index contributed by atoms with van der Waals surface area (Å²) < 4.78 is 69.1. The standard InChI is InChI=1S/C25H25ClN4O3.C23H28ClN5O4.C20H21ClFN3O3S.C20H19ClFN3O3.C17H17ClN4O3S/c1-17-9-20(5-6-21(17)26)33-12-22(31)28-24-13-25(14-24,15-24)29-23(32)19-4-2-3-18(10-19)11-30-8-7-27-16-30;1-15-9-17(3-4-18(15)24)33-11-20(30)27-22-12-23(13-22,14-22)28-21(31)16(2)26-19(10-25)29-5-7-32-8-6-29;1-11(2)16-17(29-10-23-16)18(27)25-20-7-19(8-20,9-20)24-15(26)6-28-12-3-4-13(21)14(22)5-12;1-12-3-2-4-16(23-12)18(27)25-20-9-19(10-20,11-20)24-17(26)8-28-13-5-6-14(21)15(22)7-13;1-10-4-11(2-3-12(10)18)25-6-14(23)20-16-7-17(8-16,9-16)21-15(24)13-5-19-26-22-13/h2-10,16H,11-15H2,1H3,(H,28,31)(H,29,32);3-4,9-10,25H,2,5-8,11-14H2,1H3,(H,27,30)(H,28,31);3-5,10-11H,6-9H2,1-2H3,(H,24,26)(H,25,27);2-7H,8-11H2,1H3,(H,24,26)(H,25,27);2-5H,6-9H2,1H3,(H,20,23)(H,21,24). The number of carbonyl (C=O) groups is 10. The summed E-state index contributed by atoms with van der Waals surface area (Å²) in [6, 6.07) is 36.9. The van der Waals surface area contributed by atoms with Gasteiger partial charge in [-0.25, -0.2) is 28.7 Å². The second-order valence-corrected chi connectivity index (χ2v) is 44.5. The van der Waals surface area contributed by atoms with E-state index in [-0.39, 0.29) is 181 Å². The lowest BCUT2D eigenvalue weighted by atomic mass is 9.44. The van der Waals surface area contributed by atoms with E-state index in [1.165, 1.54) is 41.8 Å². The highest BCUT2D eigenvalue weighted by atomic mass is 35.5. The molecule has 16 aliphatic rings. The van der Waals surface area contributed by atoms with Crippen LogP contribution in [0.4, 0.5) is 8.78 Å². The number of morpholine rings is 1. The van der Waals surface area contributed by atoms with E-state index < -0.39 is 11.6 Å². The van der Waals surface area contributed by atoms with E-state index in [1.807, 2.05) is 93.6 Å². The van der Waals surface area contributed by atoms with Crippen LogP contribution >= 0.6 is 81.1 Å². The van der Waals surface area contributed by atoms with Gasteiger partial charge in [-0.15, -0.1) is 11.3 Å². The fraction of sp³-hybridized carbons (Fsp3) is 0.400. The van der Waals surface area contributed by atoms with Crippen molar-refractivity contribution in [3.8, 4) is 28.7 Å². The fourth-order valence-corrected chi connectivity index (χ4v) is 23.6. The van der Waals surface area contributed by atoms with Gasteiger partial charge in [-0.3, -0.25) is 47.9 Å². The lowest BCUT2D eigenvalue weighted by Gasteiger charge is -2.70. The van der Waals surface area contributed by atoms with Crippen LogP contribution in [0.3, 0.4) is 0 Å². The van der Waals surface area contributed by atoms with Gasteiger partial charge in [-0.05, 0) is 255 Å². The molecule has 35 nitrogen and oxygen atoms in total. The van der Waals surface area contributed by atoms with Crippen molar-refractivity contribution in [2.24, 2.45) is 4.99 Å². The molecule has 10 aromatic rings. The molecular weight excluding hydrogens is 2060 g/mol. The zero-order valence-electron chi connectivity index (χ0n) is 82.2. The van der Waals surface area contributed by atoms with Crippen LogP contribution in [0.15, 0.2) is 181 Å². The van der Waals surface area contributed by atoms with Gasteiger partial charge in [0.05, 0.1) is 64.9 Å². The van der Waals surface area contributed by atoms with Gasteiger partial charge in [-0.1, -0.05) is 96.6 Å². The lowest BCUT2D eigenvalue weighted by molar-refractivity contribution is -0.149. The van der Waals surface area contributed by atoms with Crippen molar-refractivity contribution < 1.29 is 85.1 Å². The Bertz CT molecular complexity index is 6810. The number of pyridine rings is 1. The van der Waals surface area contributed by atoms with E-state index in [0.717, 1.165) is 102 Å². The number of aromatic nitrogens is 6. The summed E-state index contributed by atoms with van der Waals surface area (Å²) in [5.41, 5.74) is 5.86. The van der Waals surface area contributed by atoms with E-state index in [0.29, 0.717) is 151 Å². The van der Waals surface area contributed by atoms with Gasteiger partial charge in [0.2, 0.25) is 0 Å². The van der Waals surface area contributed by atoms with E-state index in [9.17, 15) is 56.7 Å². The highest BCUT2D eigenvalue weighted by Crippen LogP contribution is 2.64. The fourth-order valence-electron chi connectivity index (χ4n) is 21.8. The highest BCUT2D eigenvalue weighted by Gasteiger charge is 2.73. The van der Waals surface area contributed by atoms with Gasteiger partial charge in [0.25, 0.3) is 59.1 Å². The van der Waals surface area contributed by atoms with Crippen molar-refractivity contribution in [3.05, 3.63) is 268 Å². The second kappa shape index (κ2) is 43.7. The number of aliphatic imine (C=N–C) groups is 1. The van der Waals surface area contributed by atoms with Crippen LogP contribution in [-0.2, 0) is 40.0 Å². The zero-order valence-corrected chi connectivity index (χ0v) is 87.6. The molecule has 10 amide bonds. The Morgan fingerprint density at radius 1 is 0.483 bits per heavy atom. The van der Waals surface area contributed by atoms with Crippen LogP contribution in [0.5, 0.6) is 28.7 Å². The molecule has 1 aliphatic heterocycles. The van der Waals surface area contributed by atoms with Crippen molar-refractivity contribution in [2.75, 3.05) is 59.3 Å². The third kappa shape index (κ3) is 25.2. The first-order valence-electron chi connectivity index (χ1n) is 48.3. The van der Waals surface area contributed by atoms with Crippen molar-refractivity contribution in [3.63, 3.8) is 0 Å². The quantitative estimate of drug-likeness (QED) is 0.00998. The van der Waals surface area contributed by atoms with Gasteiger partial charge >= 0.3 is 0 Å². The van der Waals surface area contributed by atoms with Gasteiger partial charge in [0, 0.05) is 126 Å². The molecule has 16 fully saturated rings. The van der Waals surface area contributed by atoms with E-state index in [4.69, 9.17) is 91.8 Å². The Morgan fingerprint density at radius 3 is 1.24 bits per heavy atom. The molecule has 10 bridgehead atoms. The molecule has 4 aromatic heterocycles. The Balaban J connectivity index is 0.000000127. The molecule has 782 valence electrons. The number of hydrogen-bond acceptors (Lipinski definition) is 25. The largest absolute Gasteiger partial charge is 0.484 e. The maximum absolute atomic E-state index is 13.4. The number of hydrogen-bond donors (Lipinski definition) is 11. The summed E-state index contributed by atoms with van der Waals surface area (Å²) in [5, 5.41) is 39.9. The van der Waals surface area contributed by atoms with Crippen molar-refractivity contribution in [1.29, 1.82) is 5.41 Å². The summed E-state index contributed by atoms with van der Waals surface area (Å²) in [5.74, 6) is -0.316. The summed E-state index contributed by atoms with van der Waals surface area (Å²) in [4.78, 5) is 143. The number of rotatable bonds is 35.